The zero-order valence-electron chi connectivity index (χ0n) is 32.6. The third kappa shape index (κ3) is 4.63. The van der Waals surface area contributed by atoms with E-state index in [2.05, 4.69) is 184 Å². The maximum absolute atomic E-state index is 6.49. The van der Waals surface area contributed by atoms with Gasteiger partial charge in [0.2, 0.25) is 0 Å². The molecule has 2 nitrogen and oxygen atoms in total. The topological polar surface area (TPSA) is 26.3 Å². The molecule has 10 aromatic carbocycles. The summed E-state index contributed by atoms with van der Waals surface area (Å²) in [7, 11) is 0. The molecule has 2 aromatic heterocycles. The first-order valence-electron chi connectivity index (χ1n) is 20.5. The zero-order valence-corrected chi connectivity index (χ0v) is 32.6. The molecule has 12 aromatic rings. The highest BCUT2D eigenvalue weighted by atomic mass is 16.3. The summed E-state index contributed by atoms with van der Waals surface area (Å²) in [6, 6.07) is 66.6. The highest BCUT2D eigenvalue weighted by Crippen LogP contribution is 2.52. The molecule has 0 spiro atoms. The second kappa shape index (κ2) is 11.8. The molecule has 0 fully saturated rings. The second-order valence-electron chi connectivity index (χ2n) is 16.8. The SMILES string of the molecule is CC1(C)c2cc(-c3ccc4oc5cc6cc7c(cc6cc5c4c3)oc3ccccc37)ccc2-c2ccc(-c3c4ccccc4c(-c4ccccc4)c4ccccc34)cc21. The summed E-state index contributed by atoms with van der Waals surface area (Å²) in [6.45, 7) is 4.77. The van der Waals surface area contributed by atoms with Crippen LogP contribution in [0.3, 0.4) is 0 Å². The predicted molar refractivity (Wildman–Crippen MR) is 247 cm³/mol. The van der Waals surface area contributed by atoms with E-state index in [0.29, 0.717) is 0 Å². The van der Waals surface area contributed by atoms with Crippen molar-refractivity contribution in [1.82, 2.24) is 0 Å². The van der Waals surface area contributed by atoms with Crippen molar-refractivity contribution in [2.24, 2.45) is 0 Å². The Morgan fingerprint density at radius 3 is 1.37 bits per heavy atom. The van der Waals surface area contributed by atoms with Crippen LogP contribution in [-0.2, 0) is 5.41 Å². The summed E-state index contributed by atoms with van der Waals surface area (Å²) in [5.74, 6) is 0. The van der Waals surface area contributed by atoms with Gasteiger partial charge in [0.05, 0.1) is 0 Å². The molecule has 0 bridgehead atoms. The van der Waals surface area contributed by atoms with Gasteiger partial charge < -0.3 is 8.83 Å². The lowest BCUT2D eigenvalue weighted by Gasteiger charge is -2.23. The molecule has 0 atom stereocenters. The van der Waals surface area contributed by atoms with Crippen LogP contribution in [0.5, 0.6) is 0 Å². The zero-order chi connectivity index (χ0) is 39.0. The van der Waals surface area contributed by atoms with Crippen LogP contribution >= 0.6 is 0 Å². The maximum atomic E-state index is 6.49. The van der Waals surface area contributed by atoms with Gasteiger partial charge in [0.25, 0.3) is 0 Å². The van der Waals surface area contributed by atoms with Crippen LogP contribution in [-0.4, -0.2) is 0 Å². The molecule has 1 aliphatic carbocycles. The summed E-state index contributed by atoms with van der Waals surface area (Å²) in [4.78, 5) is 0. The van der Waals surface area contributed by atoms with Crippen LogP contribution < -0.4 is 0 Å². The fourth-order valence-corrected chi connectivity index (χ4v) is 10.3. The molecule has 0 saturated carbocycles. The minimum atomic E-state index is -0.195. The number of fused-ring (bicyclic) bond motifs is 12. The van der Waals surface area contributed by atoms with Gasteiger partial charge in [-0.2, -0.15) is 0 Å². The Kier molecular flexibility index (Phi) is 6.54. The molecule has 59 heavy (non-hydrogen) atoms. The Balaban J connectivity index is 0.921. The van der Waals surface area contributed by atoms with E-state index in [9.17, 15) is 0 Å². The van der Waals surface area contributed by atoms with Crippen LogP contribution in [0.15, 0.2) is 191 Å². The molecule has 1 aliphatic rings. The summed E-state index contributed by atoms with van der Waals surface area (Å²) in [5.41, 5.74) is 16.2. The average molecular weight is 753 g/mol. The van der Waals surface area contributed by atoms with Gasteiger partial charge in [-0.15, -0.1) is 0 Å². The maximum Gasteiger partial charge on any atom is 0.136 e. The summed E-state index contributed by atoms with van der Waals surface area (Å²) < 4.78 is 12.7. The van der Waals surface area contributed by atoms with Crippen molar-refractivity contribution in [3.63, 3.8) is 0 Å². The number of hydrogen-bond acceptors (Lipinski definition) is 2. The van der Waals surface area contributed by atoms with Gasteiger partial charge in [-0.25, -0.2) is 0 Å². The Labute approximate surface area is 340 Å². The Morgan fingerprint density at radius 2 is 0.746 bits per heavy atom. The molecule has 0 radical (unpaired) electrons. The molecule has 13 rings (SSSR count). The van der Waals surface area contributed by atoms with Crippen LogP contribution in [0, 0.1) is 0 Å². The first-order chi connectivity index (χ1) is 29.0. The standard InChI is InChI=1S/C57H36O2/c1-57(2)49-29-35(34-22-25-52-47(26-34)48-28-38-31-53-46(27-37(38)32-54(48)59-52)41-14-10-11-19-51(41)58-53)20-23-39(49)40-24-21-36(30-50(40)57)56-44-17-8-6-15-42(44)55(33-12-4-3-5-13-33)43-16-7-9-18-45(43)56/h3-32H,1-2H3. The lowest BCUT2D eigenvalue weighted by molar-refractivity contribution is 0.661. The monoisotopic (exact) mass is 752 g/mol. The van der Waals surface area contributed by atoms with E-state index in [1.165, 1.54) is 77.2 Å². The Hall–Kier alpha value is -7.42. The normalized spacial score (nSPS) is 13.4. The van der Waals surface area contributed by atoms with Crippen LogP contribution in [0.2, 0.25) is 0 Å². The van der Waals surface area contributed by atoms with Crippen molar-refractivity contribution in [2.45, 2.75) is 19.3 Å². The first kappa shape index (κ1) is 32.6. The fourth-order valence-electron chi connectivity index (χ4n) is 10.3. The van der Waals surface area contributed by atoms with Crippen LogP contribution in [0.25, 0.3) is 121 Å². The van der Waals surface area contributed by atoms with Crippen LogP contribution in [0.4, 0.5) is 0 Å². The van der Waals surface area contributed by atoms with Gasteiger partial charge in [-0.1, -0.05) is 141 Å². The largest absolute Gasteiger partial charge is 0.456 e. The number of furan rings is 2. The van der Waals surface area contributed by atoms with Crippen molar-refractivity contribution in [3.8, 4) is 44.5 Å². The smallest absolute Gasteiger partial charge is 0.136 e. The van der Waals surface area contributed by atoms with Crippen molar-refractivity contribution in [1.29, 1.82) is 0 Å². The number of rotatable bonds is 3. The third-order valence-electron chi connectivity index (χ3n) is 13.2. The summed E-state index contributed by atoms with van der Waals surface area (Å²) in [6.07, 6.45) is 0. The van der Waals surface area contributed by atoms with Crippen molar-refractivity contribution in [3.05, 3.63) is 193 Å². The van der Waals surface area contributed by atoms with Crippen LogP contribution in [0.1, 0.15) is 25.0 Å². The molecule has 2 heteroatoms. The highest BCUT2D eigenvalue weighted by Gasteiger charge is 2.36. The molecule has 0 amide bonds. The van der Waals surface area contributed by atoms with Gasteiger partial charge >= 0.3 is 0 Å². The summed E-state index contributed by atoms with van der Waals surface area (Å²) >= 11 is 0. The van der Waals surface area contributed by atoms with Crippen molar-refractivity contribution >= 4 is 76.2 Å². The molecule has 0 aliphatic heterocycles. The second-order valence-corrected chi connectivity index (χ2v) is 16.8. The van der Waals surface area contributed by atoms with Crippen molar-refractivity contribution < 1.29 is 8.83 Å². The third-order valence-corrected chi connectivity index (χ3v) is 13.2. The minimum Gasteiger partial charge on any atom is -0.456 e. The lowest BCUT2D eigenvalue weighted by atomic mass is 9.80. The van der Waals surface area contributed by atoms with E-state index in [1.54, 1.807) is 0 Å². The highest BCUT2D eigenvalue weighted by molar-refractivity contribution is 6.21. The molecule has 0 N–H and O–H groups in total. The fraction of sp³-hybridized carbons (Fsp3) is 0.0526. The number of para-hydroxylation sites is 1. The van der Waals surface area contributed by atoms with Gasteiger partial charge in [-0.05, 0) is 143 Å². The van der Waals surface area contributed by atoms with Gasteiger partial charge in [0.15, 0.2) is 0 Å². The average Bonchev–Trinajstić information content (AvgIpc) is 3.89. The Morgan fingerprint density at radius 1 is 0.305 bits per heavy atom. The molecular formula is C57H36O2. The molecule has 276 valence electrons. The van der Waals surface area contributed by atoms with Gasteiger partial charge in [0.1, 0.15) is 22.3 Å². The molecule has 0 saturated heterocycles. The predicted octanol–water partition coefficient (Wildman–Crippen LogP) is 16.3. The van der Waals surface area contributed by atoms with Gasteiger partial charge in [0, 0.05) is 27.0 Å². The number of hydrogen-bond donors (Lipinski definition) is 0. The summed E-state index contributed by atoms with van der Waals surface area (Å²) in [5, 5.41) is 11.9. The van der Waals surface area contributed by atoms with E-state index in [4.69, 9.17) is 8.83 Å². The van der Waals surface area contributed by atoms with E-state index in [0.717, 1.165) is 54.6 Å². The van der Waals surface area contributed by atoms with E-state index in [1.807, 2.05) is 12.1 Å². The van der Waals surface area contributed by atoms with E-state index < -0.39 is 0 Å². The van der Waals surface area contributed by atoms with E-state index >= 15 is 0 Å². The molecule has 0 unspecified atom stereocenters. The number of benzene rings is 10. The molecule has 2 heterocycles. The van der Waals surface area contributed by atoms with E-state index in [-0.39, 0.29) is 5.41 Å². The Bertz CT molecular complexity index is 3690. The van der Waals surface area contributed by atoms with Crippen molar-refractivity contribution in [2.75, 3.05) is 0 Å². The lowest BCUT2D eigenvalue weighted by Crippen LogP contribution is -2.15. The van der Waals surface area contributed by atoms with Gasteiger partial charge in [-0.3, -0.25) is 0 Å². The quantitative estimate of drug-likeness (QED) is 0.168. The minimum absolute atomic E-state index is 0.195. The molecular weight excluding hydrogens is 717 g/mol. The first-order valence-corrected chi connectivity index (χ1v) is 20.5.